The number of hydrogen-bond donors (Lipinski definition) is 0. The standard InChI is InChI=1S/C20H18BrNO3S2/c1-3-25-17-11-15(21)14(9-16(17)24-2)10-18-19(23)22(20(26)27-18)12-13-7-5-4-6-8-13/h4-11H,3,12H2,1-2H3/b18-10+. The van der Waals surface area contributed by atoms with Crippen molar-refractivity contribution in [3.8, 4) is 11.5 Å². The predicted molar refractivity (Wildman–Crippen MR) is 117 cm³/mol. The fourth-order valence-corrected chi connectivity index (χ4v) is 4.32. The molecule has 0 unspecified atom stereocenters. The van der Waals surface area contributed by atoms with E-state index in [4.69, 9.17) is 21.7 Å². The summed E-state index contributed by atoms with van der Waals surface area (Å²) in [5.74, 6) is 1.18. The van der Waals surface area contributed by atoms with Gasteiger partial charge in [0.1, 0.15) is 4.32 Å². The molecule has 0 atom stereocenters. The van der Waals surface area contributed by atoms with Crippen molar-refractivity contribution in [1.82, 2.24) is 4.90 Å². The van der Waals surface area contributed by atoms with Gasteiger partial charge in [-0.25, -0.2) is 0 Å². The Balaban J connectivity index is 1.87. The molecule has 0 spiro atoms. The summed E-state index contributed by atoms with van der Waals surface area (Å²) in [6.07, 6.45) is 1.83. The van der Waals surface area contributed by atoms with Crippen molar-refractivity contribution in [2.75, 3.05) is 13.7 Å². The zero-order chi connectivity index (χ0) is 19.4. The molecule has 0 bridgehead atoms. The summed E-state index contributed by atoms with van der Waals surface area (Å²) < 4.78 is 12.4. The Morgan fingerprint density at radius 3 is 2.63 bits per heavy atom. The Labute approximate surface area is 176 Å². The Kier molecular flexibility index (Phi) is 6.57. The molecule has 1 heterocycles. The van der Waals surface area contributed by atoms with Crippen LogP contribution < -0.4 is 9.47 Å². The van der Waals surface area contributed by atoms with Gasteiger partial charge in [-0.2, -0.15) is 0 Å². The third kappa shape index (κ3) is 4.54. The molecule has 27 heavy (non-hydrogen) atoms. The Hall–Kier alpha value is -1.83. The first kappa shape index (κ1) is 19.9. The fraction of sp³-hybridized carbons (Fsp3) is 0.200. The number of methoxy groups -OCH3 is 1. The molecule has 0 aromatic heterocycles. The summed E-state index contributed by atoms with van der Waals surface area (Å²) in [4.78, 5) is 15.0. The van der Waals surface area contributed by atoms with Crippen molar-refractivity contribution in [1.29, 1.82) is 0 Å². The molecule has 0 radical (unpaired) electrons. The lowest BCUT2D eigenvalue weighted by atomic mass is 10.1. The maximum atomic E-state index is 12.8. The smallest absolute Gasteiger partial charge is 0.266 e. The van der Waals surface area contributed by atoms with Crippen LogP contribution in [0.25, 0.3) is 6.08 Å². The highest BCUT2D eigenvalue weighted by atomic mass is 79.9. The van der Waals surface area contributed by atoms with Gasteiger partial charge >= 0.3 is 0 Å². The molecule has 1 aliphatic rings. The molecule has 4 nitrogen and oxygen atoms in total. The van der Waals surface area contributed by atoms with E-state index in [0.717, 1.165) is 15.6 Å². The van der Waals surface area contributed by atoms with Gasteiger partial charge in [-0.15, -0.1) is 0 Å². The lowest BCUT2D eigenvalue weighted by Crippen LogP contribution is -2.27. The number of amides is 1. The number of rotatable bonds is 6. The van der Waals surface area contributed by atoms with Crippen LogP contribution in [0.1, 0.15) is 18.1 Å². The van der Waals surface area contributed by atoms with Crippen LogP contribution >= 0.6 is 39.9 Å². The molecule has 1 fully saturated rings. The topological polar surface area (TPSA) is 38.8 Å². The van der Waals surface area contributed by atoms with Gasteiger partial charge in [0.15, 0.2) is 11.5 Å². The van der Waals surface area contributed by atoms with Gasteiger partial charge in [-0.3, -0.25) is 9.69 Å². The second-order valence-electron chi connectivity index (χ2n) is 5.71. The highest BCUT2D eigenvalue weighted by molar-refractivity contribution is 9.10. The minimum absolute atomic E-state index is 0.0893. The van der Waals surface area contributed by atoms with Crippen LogP contribution in [0, 0.1) is 0 Å². The van der Waals surface area contributed by atoms with E-state index >= 15 is 0 Å². The molecule has 140 valence electrons. The van der Waals surface area contributed by atoms with Crippen LogP contribution in [0.3, 0.4) is 0 Å². The summed E-state index contributed by atoms with van der Waals surface area (Å²) >= 11 is 10.3. The molecule has 2 aromatic carbocycles. The van der Waals surface area contributed by atoms with Crippen molar-refractivity contribution >= 4 is 56.2 Å². The lowest BCUT2D eigenvalue weighted by molar-refractivity contribution is -0.122. The van der Waals surface area contributed by atoms with Crippen LogP contribution in [0.5, 0.6) is 11.5 Å². The molecule has 0 aliphatic carbocycles. The van der Waals surface area contributed by atoms with E-state index in [-0.39, 0.29) is 5.91 Å². The lowest BCUT2D eigenvalue weighted by Gasteiger charge is -2.14. The normalized spacial score (nSPS) is 15.5. The van der Waals surface area contributed by atoms with E-state index in [1.807, 2.05) is 55.5 Å². The number of thiocarbonyl (C=S) groups is 1. The summed E-state index contributed by atoms with van der Waals surface area (Å²) in [6.45, 7) is 2.93. The van der Waals surface area contributed by atoms with E-state index in [1.165, 1.54) is 11.8 Å². The van der Waals surface area contributed by atoms with Gasteiger partial charge in [0.05, 0.1) is 25.2 Å². The molecular weight excluding hydrogens is 446 g/mol. The Morgan fingerprint density at radius 2 is 1.96 bits per heavy atom. The first-order chi connectivity index (χ1) is 13.0. The maximum Gasteiger partial charge on any atom is 0.266 e. The SMILES string of the molecule is CCOc1cc(Br)c(/C=C2/SC(=S)N(Cc3ccccc3)C2=O)cc1OC. The summed E-state index contributed by atoms with van der Waals surface area (Å²) in [6, 6.07) is 13.5. The average Bonchev–Trinajstić information content (AvgIpc) is 2.92. The van der Waals surface area contributed by atoms with E-state index in [9.17, 15) is 4.79 Å². The number of carbonyl (C=O) groups excluding carboxylic acids is 1. The second kappa shape index (κ2) is 8.91. The predicted octanol–water partition coefficient (Wildman–Crippen LogP) is 5.26. The van der Waals surface area contributed by atoms with Gasteiger partial charge in [0, 0.05) is 4.47 Å². The zero-order valence-corrected chi connectivity index (χ0v) is 18.1. The number of halogens is 1. The zero-order valence-electron chi connectivity index (χ0n) is 14.9. The second-order valence-corrected chi connectivity index (χ2v) is 8.24. The minimum atomic E-state index is -0.0893. The highest BCUT2D eigenvalue weighted by Crippen LogP contribution is 2.38. The van der Waals surface area contributed by atoms with Crippen LogP contribution in [0.2, 0.25) is 0 Å². The highest BCUT2D eigenvalue weighted by Gasteiger charge is 2.32. The van der Waals surface area contributed by atoms with E-state index in [1.54, 1.807) is 12.0 Å². The summed E-state index contributed by atoms with van der Waals surface area (Å²) in [5.41, 5.74) is 1.87. The third-order valence-corrected chi connectivity index (χ3v) is 5.99. The third-order valence-electron chi connectivity index (χ3n) is 3.93. The molecule has 3 rings (SSSR count). The molecular formula is C20H18BrNO3S2. The van der Waals surface area contributed by atoms with Crippen LogP contribution in [0.4, 0.5) is 0 Å². The van der Waals surface area contributed by atoms with Gasteiger partial charge in [0.2, 0.25) is 0 Å². The van der Waals surface area contributed by atoms with Gasteiger partial charge in [-0.05, 0) is 36.3 Å². The van der Waals surface area contributed by atoms with E-state index in [0.29, 0.717) is 33.9 Å². The number of hydrogen-bond acceptors (Lipinski definition) is 5. The summed E-state index contributed by atoms with van der Waals surface area (Å²) in [7, 11) is 1.59. The quantitative estimate of drug-likeness (QED) is 0.431. The number of thioether (sulfide) groups is 1. The number of carbonyl (C=O) groups is 1. The van der Waals surface area contributed by atoms with Crippen molar-refractivity contribution in [2.45, 2.75) is 13.5 Å². The number of benzene rings is 2. The van der Waals surface area contributed by atoms with Gasteiger partial charge in [-0.1, -0.05) is 70.2 Å². The van der Waals surface area contributed by atoms with Crippen molar-refractivity contribution < 1.29 is 14.3 Å². The first-order valence-electron chi connectivity index (χ1n) is 8.33. The van der Waals surface area contributed by atoms with Gasteiger partial charge in [0.25, 0.3) is 5.91 Å². The Bertz CT molecular complexity index is 900. The first-order valence-corrected chi connectivity index (χ1v) is 10.3. The van der Waals surface area contributed by atoms with E-state index in [2.05, 4.69) is 15.9 Å². The summed E-state index contributed by atoms with van der Waals surface area (Å²) in [5, 5.41) is 0. The largest absolute Gasteiger partial charge is 0.493 e. The number of ether oxygens (including phenoxy) is 2. The van der Waals surface area contributed by atoms with Crippen LogP contribution in [-0.2, 0) is 11.3 Å². The van der Waals surface area contributed by atoms with Crippen molar-refractivity contribution in [2.24, 2.45) is 0 Å². The number of nitrogens with zero attached hydrogens (tertiary/aromatic N) is 1. The van der Waals surface area contributed by atoms with Gasteiger partial charge < -0.3 is 9.47 Å². The molecule has 1 saturated heterocycles. The molecule has 1 amide bonds. The average molecular weight is 464 g/mol. The van der Waals surface area contributed by atoms with E-state index < -0.39 is 0 Å². The van der Waals surface area contributed by atoms with Crippen molar-refractivity contribution in [3.05, 3.63) is 63.0 Å². The Morgan fingerprint density at radius 1 is 1.22 bits per heavy atom. The van der Waals surface area contributed by atoms with Crippen molar-refractivity contribution in [3.63, 3.8) is 0 Å². The minimum Gasteiger partial charge on any atom is -0.493 e. The monoisotopic (exact) mass is 463 g/mol. The van der Waals surface area contributed by atoms with Crippen LogP contribution in [0.15, 0.2) is 51.8 Å². The van der Waals surface area contributed by atoms with Crippen LogP contribution in [-0.4, -0.2) is 28.8 Å². The molecule has 7 heteroatoms. The molecule has 2 aromatic rings. The molecule has 0 N–H and O–H groups in total. The fourth-order valence-electron chi connectivity index (χ4n) is 2.63. The molecule has 0 saturated carbocycles. The molecule has 1 aliphatic heterocycles. The maximum absolute atomic E-state index is 12.8.